The number of methoxy groups -OCH3 is 1. The predicted octanol–water partition coefficient (Wildman–Crippen LogP) is 4.52. The molecule has 1 aromatic heterocycles. The van der Waals surface area contributed by atoms with Crippen molar-refractivity contribution >= 4 is 29.6 Å². The molecule has 3 rings (SSSR count). The standard InChI is InChI=1S/C18H15ClF3N3O3/c1-27-15-6-10(2-5-14(15)28-17(26)11-3-4-11)8-24-25-16-13(19)7-12(9-23-16)18(20,21)22/h2,5-9,11H,3-4H2,1H3,(H,23,25)/b24-8-. The summed E-state index contributed by atoms with van der Waals surface area (Å²) < 4.78 is 48.4. The summed E-state index contributed by atoms with van der Waals surface area (Å²) in [5.74, 6) is 0.300. The average molecular weight is 414 g/mol. The number of esters is 1. The minimum absolute atomic E-state index is 0.0205. The van der Waals surface area contributed by atoms with Crippen LogP contribution < -0.4 is 14.9 Å². The van der Waals surface area contributed by atoms with Crippen LogP contribution in [0.15, 0.2) is 35.6 Å². The van der Waals surface area contributed by atoms with E-state index in [1.807, 2.05) is 0 Å². The fourth-order valence-corrected chi connectivity index (χ4v) is 2.41. The van der Waals surface area contributed by atoms with E-state index in [1.54, 1.807) is 18.2 Å². The van der Waals surface area contributed by atoms with Gasteiger partial charge in [-0.15, -0.1) is 0 Å². The van der Waals surface area contributed by atoms with Gasteiger partial charge in [-0.25, -0.2) is 4.98 Å². The molecule has 0 radical (unpaired) electrons. The second kappa shape index (κ2) is 8.05. The third kappa shape index (κ3) is 4.92. The van der Waals surface area contributed by atoms with Gasteiger partial charge in [-0.3, -0.25) is 10.2 Å². The number of aromatic nitrogens is 1. The Bertz CT molecular complexity index is 915. The summed E-state index contributed by atoms with van der Waals surface area (Å²) in [6.07, 6.45) is -0.809. The first kappa shape index (κ1) is 19.9. The fraction of sp³-hybridized carbons (Fsp3) is 0.278. The molecule has 148 valence electrons. The summed E-state index contributed by atoms with van der Waals surface area (Å²) in [7, 11) is 1.44. The summed E-state index contributed by atoms with van der Waals surface area (Å²) in [5.41, 5.74) is 2.13. The first-order valence-electron chi connectivity index (χ1n) is 8.19. The summed E-state index contributed by atoms with van der Waals surface area (Å²) in [6.45, 7) is 0. The monoisotopic (exact) mass is 413 g/mol. The third-order valence-electron chi connectivity index (χ3n) is 3.86. The van der Waals surface area contributed by atoms with E-state index in [0.717, 1.165) is 18.9 Å². The van der Waals surface area contributed by atoms with Crippen LogP contribution in [-0.2, 0) is 11.0 Å². The maximum Gasteiger partial charge on any atom is 0.417 e. The topological polar surface area (TPSA) is 72.8 Å². The predicted molar refractivity (Wildman–Crippen MR) is 96.8 cm³/mol. The minimum atomic E-state index is -4.53. The number of pyridine rings is 1. The second-order valence-corrected chi connectivity index (χ2v) is 6.44. The lowest BCUT2D eigenvalue weighted by Gasteiger charge is -2.10. The molecule has 1 heterocycles. The first-order chi connectivity index (χ1) is 13.3. The molecule has 1 aliphatic rings. The molecule has 1 N–H and O–H groups in total. The summed E-state index contributed by atoms with van der Waals surface area (Å²) in [6, 6.07) is 5.58. The van der Waals surface area contributed by atoms with Crippen molar-refractivity contribution in [3.63, 3.8) is 0 Å². The Morgan fingerprint density at radius 1 is 1.32 bits per heavy atom. The number of carbonyl (C=O) groups is 1. The van der Waals surface area contributed by atoms with E-state index in [4.69, 9.17) is 21.1 Å². The maximum absolute atomic E-state index is 12.6. The second-order valence-electron chi connectivity index (χ2n) is 6.03. The van der Waals surface area contributed by atoms with Gasteiger partial charge in [0.2, 0.25) is 0 Å². The van der Waals surface area contributed by atoms with Gasteiger partial charge in [-0.1, -0.05) is 11.6 Å². The van der Waals surface area contributed by atoms with E-state index >= 15 is 0 Å². The number of carbonyl (C=O) groups excluding carboxylic acids is 1. The van der Waals surface area contributed by atoms with Crippen LogP contribution in [0.25, 0.3) is 0 Å². The van der Waals surface area contributed by atoms with Crippen molar-refractivity contribution in [2.45, 2.75) is 19.0 Å². The van der Waals surface area contributed by atoms with Gasteiger partial charge in [0, 0.05) is 6.20 Å². The zero-order valence-corrected chi connectivity index (χ0v) is 15.3. The summed E-state index contributed by atoms with van der Waals surface area (Å²) >= 11 is 5.80. The molecule has 0 saturated heterocycles. The van der Waals surface area contributed by atoms with Crippen LogP contribution >= 0.6 is 11.6 Å². The Morgan fingerprint density at radius 3 is 2.68 bits per heavy atom. The molecule has 1 fully saturated rings. The van der Waals surface area contributed by atoms with Gasteiger partial charge in [-0.05, 0) is 42.7 Å². The highest BCUT2D eigenvalue weighted by molar-refractivity contribution is 6.32. The Hall–Kier alpha value is -2.81. The van der Waals surface area contributed by atoms with Crippen molar-refractivity contribution in [2.24, 2.45) is 11.0 Å². The van der Waals surface area contributed by atoms with Gasteiger partial charge in [0.25, 0.3) is 0 Å². The highest BCUT2D eigenvalue weighted by atomic mass is 35.5. The summed E-state index contributed by atoms with van der Waals surface area (Å²) in [5, 5.41) is 3.69. The highest BCUT2D eigenvalue weighted by Gasteiger charge is 2.32. The molecule has 0 aliphatic heterocycles. The number of nitrogens with one attached hydrogen (secondary N) is 1. The third-order valence-corrected chi connectivity index (χ3v) is 4.15. The molecule has 2 aromatic rings. The molecule has 1 saturated carbocycles. The van der Waals surface area contributed by atoms with E-state index in [1.165, 1.54) is 13.3 Å². The number of nitrogens with zero attached hydrogens (tertiary/aromatic N) is 2. The maximum atomic E-state index is 12.6. The van der Waals surface area contributed by atoms with Gasteiger partial charge in [0.15, 0.2) is 17.3 Å². The van der Waals surface area contributed by atoms with Crippen LogP contribution in [0, 0.1) is 5.92 Å². The van der Waals surface area contributed by atoms with Gasteiger partial charge >= 0.3 is 12.1 Å². The van der Waals surface area contributed by atoms with Gasteiger partial charge in [0.1, 0.15) is 0 Å². The number of hydrazone groups is 1. The average Bonchev–Trinajstić information content (AvgIpc) is 3.48. The van der Waals surface area contributed by atoms with Crippen LogP contribution in [-0.4, -0.2) is 24.3 Å². The van der Waals surface area contributed by atoms with Crippen molar-refractivity contribution in [3.8, 4) is 11.5 Å². The number of benzene rings is 1. The molecular weight excluding hydrogens is 399 g/mol. The van der Waals surface area contributed by atoms with Crippen LogP contribution in [0.1, 0.15) is 24.0 Å². The fourth-order valence-electron chi connectivity index (χ4n) is 2.20. The molecule has 1 aliphatic carbocycles. The lowest BCUT2D eigenvalue weighted by atomic mass is 10.2. The number of hydrogen-bond acceptors (Lipinski definition) is 6. The zero-order valence-electron chi connectivity index (χ0n) is 14.6. The van der Waals surface area contributed by atoms with E-state index < -0.39 is 11.7 Å². The van der Waals surface area contributed by atoms with E-state index in [9.17, 15) is 18.0 Å². The largest absolute Gasteiger partial charge is 0.493 e. The van der Waals surface area contributed by atoms with Crippen LogP contribution in [0.3, 0.4) is 0 Å². The van der Waals surface area contributed by atoms with E-state index in [-0.39, 0.29) is 22.7 Å². The molecule has 0 unspecified atom stereocenters. The molecule has 0 bridgehead atoms. The quantitative estimate of drug-likeness (QED) is 0.326. The van der Waals surface area contributed by atoms with Crippen molar-refractivity contribution in [2.75, 3.05) is 12.5 Å². The molecular formula is C18H15ClF3N3O3. The molecule has 0 atom stereocenters. The van der Waals surface area contributed by atoms with Crippen LogP contribution in [0.5, 0.6) is 11.5 Å². The molecule has 28 heavy (non-hydrogen) atoms. The lowest BCUT2D eigenvalue weighted by Crippen LogP contribution is -2.10. The highest BCUT2D eigenvalue weighted by Crippen LogP contribution is 2.34. The Balaban J connectivity index is 1.68. The molecule has 0 spiro atoms. The minimum Gasteiger partial charge on any atom is -0.493 e. The SMILES string of the molecule is COc1cc(/C=N\Nc2ncc(C(F)(F)F)cc2Cl)ccc1OC(=O)C1CC1. The van der Waals surface area contributed by atoms with Crippen molar-refractivity contribution < 1.29 is 27.4 Å². The van der Waals surface area contributed by atoms with Crippen LogP contribution in [0.2, 0.25) is 5.02 Å². The number of rotatable bonds is 6. The van der Waals surface area contributed by atoms with Crippen molar-refractivity contribution in [1.82, 2.24) is 4.98 Å². The number of alkyl halides is 3. The van der Waals surface area contributed by atoms with Crippen molar-refractivity contribution in [3.05, 3.63) is 46.6 Å². The van der Waals surface area contributed by atoms with E-state index in [2.05, 4.69) is 15.5 Å². The van der Waals surface area contributed by atoms with E-state index in [0.29, 0.717) is 23.3 Å². The molecule has 10 heteroatoms. The van der Waals surface area contributed by atoms with Gasteiger partial charge in [-0.2, -0.15) is 18.3 Å². The zero-order chi connectivity index (χ0) is 20.3. The van der Waals surface area contributed by atoms with Gasteiger partial charge in [0.05, 0.1) is 29.8 Å². The first-order valence-corrected chi connectivity index (χ1v) is 8.57. The molecule has 6 nitrogen and oxygen atoms in total. The smallest absolute Gasteiger partial charge is 0.417 e. The Labute approximate surface area is 163 Å². The number of ether oxygens (including phenoxy) is 2. The Kier molecular flexibility index (Phi) is 5.73. The van der Waals surface area contributed by atoms with Gasteiger partial charge < -0.3 is 9.47 Å². The van der Waals surface area contributed by atoms with Crippen molar-refractivity contribution in [1.29, 1.82) is 0 Å². The van der Waals surface area contributed by atoms with Crippen LogP contribution in [0.4, 0.5) is 19.0 Å². The summed E-state index contributed by atoms with van der Waals surface area (Å²) in [4.78, 5) is 15.4. The molecule has 0 amide bonds. The number of halogens is 4. The molecule has 1 aromatic carbocycles. The normalized spacial score (nSPS) is 14.2. The lowest BCUT2D eigenvalue weighted by molar-refractivity contribution is -0.138. The number of anilines is 1. The number of hydrogen-bond donors (Lipinski definition) is 1. The Morgan fingerprint density at radius 2 is 2.07 bits per heavy atom.